The molecule has 0 aliphatic carbocycles. The number of nitrogens with zero attached hydrogens (tertiary/aromatic N) is 4. The summed E-state index contributed by atoms with van der Waals surface area (Å²) in [5, 5.41) is 14.1. The molecule has 1 aromatic carbocycles. The van der Waals surface area contributed by atoms with Crippen LogP contribution in [0.2, 0.25) is 0 Å². The number of nitrogens with one attached hydrogen (secondary N) is 1. The minimum absolute atomic E-state index is 0.124. The van der Waals surface area contributed by atoms with E-state index >= 15 is 0 Å². The number of rotatable bonds is 6. The summed E-state index contributed by atoms with van der Waals surface area (Å²) in [5.74, 6) is 0.347. The number of hydrogen-bond acceptors (Lipinski definition) is 5. The van der Waals surface area contributed by atoms with E-state index in [-0.39, 0.29) is 11.9 Å². The Hall–Kier alpha value is -2.22. The molecule has 7 nitrogen and oxygen atoms in total. The Bertz CT molecular complexity index is 666. The SMILES string of the molecule is C=CCn1nnc(NC(=O)C(C)(C)Oc2ccc(Br)cc2)n1. The van der Waals surface area contributed by atoms with Crippen LogP contribution in [0.3, 0.4) is 0 Å². The monoisotopic (exact) mass is 365 g/mol. The van der Waals surface area contributed by atoms with Gasteiger partial charge in [-0.2, -0.15) is 4.80 Å². The summed E-state index contributed by atoms with van der Waals surface area (Å²) in [6.07, 6.45) is 1.63. The first kappa shape index (κ1) is 16.2. The fourth-order valence-electron chi connectivity index (χ4n) is 1.58. The fraction of sp³-hybridized carbons (Fsp3) is 0.286. The third-order valence-corrected chi connectivity index (χ3v) is 3.23. The third kappa shape index (κ3) is 4.14. The van der Waals surface area contributed by atoms with Gasteiger partial charge in [-0.25, -0.2) is 0 Å². The lowest BCUT2D eigenvalue weighted by atomic mass is 10.1. The molecule has 0 unspecified atom stereocenters. The minimum Gasteiger partial charge on any atom is -0.478 e. The summed E-state index contributed by atoms with van der Waals surface area (Å²) < 4.78 is 6.65. The summed E-state index contributed by atoms with van der Waals surface area (Å²) in [6, 6.07) is 7.23. The highest BCUT2D eigenvalue weighted by Gasteiger charge is 2.31. The van der Waals surface area contributed by atoms with Crippen LogP contribution in [0.5, 0.6) is 5.75 Å². The van der Waals surface area contributed by atoms with Crippen LogP contribution in [-0.2, 0) is 11.3 Å². The van der Waals surface area contributed by atoms with Crippen molar-refractivity contribution in [2.75, 3.05) is 5.32 Å². The first-order valence-electron chi connectivity index (χ1n) is 6.55. The first-order chi connectivity index (χ1) is 10.4. The van der Waals surface area contributed by atoms with Crippen molar-refractivity contribution in [2.24, 2.45) is 0 Å². The molecule has 22 heavy (non-hydrogen) atoms. The number of aromatic nitrogens is 4. The number of hydrogen-bond donors (Lipinski definition) is 1. The Morgan fingerprint density at radius 3 is 2.77 bits per heavy atom. The van der Waals surface area contributed by atoms with Crippen LogP contribution in [0.25, 0.3) is 0 Å². The van der Waals surface area contributed by atoms with E-state index in [1.807, 2.05) is 12.1 Å². The maximum Gasteiger partial charge on any atom is 0.270 e. The standard InChI is InChI=1S/C14H16BrN5O2/c1-4-9-20-18-13(17-19-20)16-12(21)14(2,3)22-11-7-5-10(15)6-8-11/h4-8H,1,9H2,2-3H3,(H,16,18,21). The van der Waals surface area contributed by atoms with Crippen LogP contribution in [0.4, 0.5) is 5.95 Å². The summed E-state index contributed by atoms with van der Waals surface area (Å²) in [4.78, 5) is 13.6. The van der Waals surface area contributed by atoms with Gasteiger partial charge in [-0.1, -0.05) is 27.1 Å². The molecule has 0 fully saturated rings. The van der Waals surface area contributed by atoms with Crippen LogP contribution in [0.1, 0.15) is 13.8 Å². The smallest absolute Gasteiger partial charge is 0.270 e. The van der Waals surface area contributed by atoms with E-state index in [0.717, 1.165) is 4.47 Å². The number of ether oxygens (including phenoxy) is 1. The lowest BCUT2D eigenvalue weighted by Crippen LogP contribution is -2.42. The Labute approximate surface area is 136 Å². The predicted molar refractivity (Wildman–Crippen MR) is 85.5 cm³/mol. The normalized spacial score (nSPS) is 11.0. The Kier molecular flexibility index (Phi) is 4.92. The van der Waals surface area contributed by atoms with E-state index in [0.29, 0.717) is 12.3 Å². The molecule has 0 bridgehead atoms. The minimum atomic E-state index is -1.09. The van der Waals surface area contributed by atoms with Crippen LogP contribution in [0.15, 0.2) is 41.4 Å². The molecular formula is C14H16BrN5O2. The van der Waals surface area contributed by atoms with Crippen molar-refractivity contribution in [1.29, 1.82) is 0 Å². The maximum atomic E-state index is 12.3. The quantitative estimate of drug-likeness (QED) is 0.794. The number of carbonyl (C=O) groups is 1. The molecule has 0 saturated heterocycles. The van der Waals surface area contributed by atoms with E-state index in [2.05, 4.69) is 43.2 Å². The third-order valence-electron chi connectivity index (χ3n) is 2.70. The van der Waals surface area contributed by atoms with Gasteiger partial charge in [-0.3, -0.25) is 10.1 Å². The van der Waals surface area contributed by atoms with Gasteiger partial charge in [0.25, 0.3) is 11.9 Å². The Morgan fingerprint density at radius 2 is 2.14 bits per heavy atom. The largest absolute Gasteiger partial charge is 0.478 e. The van der Waals surface area contributed by atoms with Crippen molar-refractivity contribution < 1.29 is 9.53 Å². The molecule has 0 radical (unpaired) electrons. The number of carbonyl (C=O) groups excluding carboxylic acids is 1. The average molecular weight is 366 g/mol. The van der Waals surface area contributed by atoms with Crippen LogP contribution in [-0.4, -0.2) is 31.7 Å². The van der Waals surface area contributed by atoms with E-state index in [9.17, 15) is 4.79 Å². The zero-order chi connectivity index (χ0) is 16.2. The van der Waals surface area contributed by atoms with Crippen molar-refractivity contribution in [3.63, 3.8) is 0 Å². The second-order valence-corrected chi connectivity index (χ2v) is 5.89. The maximum absolute atomic E-state index is 12.3. The van der Waals surface area contributed by atoms with Gasteiger partial charge in [-0.05, 0) is 43.3 Å². The number of halogens is 1. The first-order valence-corrected chi connectivity index (χ1v) is 7.35. The molecule has 8 heteroatoms. The summed E-state index contributed by atoms with van der Waals surface area (Å²) in [6.45, 7) is 7.33. The van der Waals surface area contributed by atoms with Gasteiger partial charge in [0.1, 0.15) is 5.75 Å². The molecule has 0 aliphatic rings. The highest BCUT2D eigenvalue weighted by molar-refractivity contribution is 9.10. The topological polar surface area (TPSA) is 81.9 Å². The second-order valence-electron chi connectivity index (χ2n) is 4.98. The van der Waals surface area contributed by atoms with Crippen molar-refractivity contribution in [2.45, 2.75) is 26.0 Å². The van der Waals surface area contributed by atoms with E-state index in [4.69, 9.17) is 4.74 Å². The lowest BCUT2D eigenvalue weighted by Gasteiger charge is -2.24. The average Bonchev–Trinajstić information content (AvgIpc) is 2.89. The lowest BCUT2D eigenvalue weighted by molar-refractivity contribution is -0.128. The molecule has 1 amide bonds. The van der Waals surface area contributed by atoms with Gasteiger partial charge in [0.05, 0.1) is 6.54 Å². The zero-order valence-corrected chi connectivity index (χ0v) is 13.9. The van der Waals surface area contributed by atoms with Crippen molar-refractivity contribution >= 4 is 27.8 Å². The highest BCUT2D eigenvalue weighted by atomic mass is 79.9. The molecule has 0 spiro atoms. The summed E-state index contributed by atoms with van der Waals surface area (Å²) >= 11 is 3.35. The summed E-state index contributed by atoms with van der Waals surface area (Å²) in [7, 11) is 0. The van der Waals surface area contributed by atoms with Crippen LogP contribution >= 0.6 is 15.9 Å². The summed E-state index contributed by atoms with van der Waals surface area (Å²) in [5.41, 5.74) is -1.09. The fourth-order valence-corrected chi connectivity index (χ4v) is 1.85. The van der Waals surface area contributed by atoms with Crippen LogP contribution in [0, 0.1) is 0 Å². The van der Waals surface area contributed by atoms with Gasteiger partial charge >= 0.3 is 0 Å². The Balaban J connectivity index is 2.02. The van der Waals surface area contributed by atoms with Crippen LogP contribution < -0.4 is 10.1 Å². The number of anilines is 1. The molecule has 2 aromatic rings. The molecular weight excluding hydrogens is 350 g/mol. The molecule has 0 saturated carbocycles. The van der Waals surface area contributed by atoms with E-state index in [1.165, 1.54) is 4.80 Å². The Morgan fingerprint density at radius 1 is 1.45 bits per heavy atom. The van der Waals surface area contributed by atoms with Gasteiger partial charge in [-0.15, -0.1) is 11.7 Å². The number of allylic oxidation sites excluding steroid dienone is 1. The molecule has 1 heterocycles. The zero-order valence-electron chi connectivity index (χ0n) is 12.3. The second kappa shape index (κ2) is 6.69. The molecule has 2 rings (SSSR count). The number of benzene rings is 1. The number of tetrazole rings is 1. The van der Waals surface area contributed by atoms with Gasteiger partial charge in [0, 0.05) is 4.47 Å². The van der Waals surface area contributed by atoms with Crippen molar-refractivity contribution in [3.05, 3.63) is 41.4 Å². The van der Waals surface area contributed by atoms with Gasteiger partial charge < -0.3 is 4.74 Å². The van der Waals surface area contributed by atoms with Crippen molar-refractivity contribution in [1.82, 2.24) is 20.2 Å². The van der Waals surface area contributed by atoms with Crippen molar-refractivity contribution in [3.8, 4) is 5.75 Å². The molecule has 0 atom stereocenters. The molecule has 116 valence electrons. The van der Waals surface area contributed by atoms with Gasteiger partial charge in [0.15, 0.2) is 5.60 Å². The highest BCUT2D eigenvalue weighted by Crippen LogP contribution is 2.21. The molecule has 1 N–H and O–H groups in total. The van der Waals surface area contributed by atoms with Gasteiger partial charge in [0.2, 0.25) is 0 Å². The van der Waals surface area contributed by atoms with E-state index in [1.54, 1.807) is 32.1 Å². The molecule has 0 aliphatic heterocycles. The predicted octanol–water partition coefficient (Wildman–Crippen LogP) is 2.42. The number of amides is 1. The molecule has 1 aromatic heterocycles. The van der Waals surface area contributed by atoms with E-state index < -0.39 is 5.60 Å².